The third kappa shape index (κ3) is 2.79. The molecule has 0 spiro atoms. The zero-order valence-electron chi connectivity index (χ0n) is 17.5. The molecule has 0 radical (unpaired) electrons. The molecular formula is C28H17N3O2. The summed E-state index contributed by atoms with van der Waals surface area (Å²) in [5.41, 5.74) is 5.67. The molecule has 7 aromatic rings. The highest BCUT2D eigenvalue weighted by molar-refractivity contribution is 6.05. The summed E-state index contributed by atoms with van der Waals surface area (Å²) >= 11 is 0. The summed E-state index contributed by atoms with van der Waals surface area (Å²) in [6.45, 7) is 0. The van der Waals surface area contributed by atoms with Crippen LogP contribution in [0.2, 0.25) is 0 Å². The van der Waals surface area contributed by atoms with Gasteiger partial charge >= 0.3 is 0 Å². The molecule has 33 heavy (non-hydrogen) atoms. The fourth-order valence-corrected chi connectivity index (χ4v) is 4.42. The normalized spacial score (nSPS) is 11.6. The van der Waals surface area contributed by atoms with Crippen molar-refractivity contribution >= 4 is 61.3 Å². The van der Waals surface area contributed by atoms with E-state index in [1.54, 1.807) is 0 Å². The highest BCUT2D eigenvalue weighted by Gasteiger charge is 2.18. The monoisotopic (exact) mass is 427 g/mol. The van der Waals surface area contributed by atoms with Crippen molar-refractivity contribution in [3.05, 3.63) is 103 Å². The Morgan fingerprint density at radius 3 is 2.15 bits per heavy atom. The van der Waals surface area contributed by atoms with E-state index in [0.717, 1.165) is 55.6 Å². The molecule has 5 nitrogen and oxygen atoms in total. The van der Waals surface area contributed by atoms with Gasteiger partial charge in [-0.25, -0.2) is 4.98 Å². The van der Waals surface area contributed by atoms with E-state index in [2.05, 4.69) is 17.0 Å². The molecule has 3 aromatic carbocycles. The molecule has 0 N–H and O–H groups in total. The SMILES string of the molecule is c1ccc(N(c2cnc3c(c2)oc2ccccc23)c2ccc3c(n2)oc2ccccc23)cc1. The van der Waals surface area contributed by atoms with Crippen LogP contribution in [0.3, 0.4) is 0 Å². The van der Waals surface area contributed by atoms with Gasteiger partial charge in [0.15, 0.2) is 5.58 Å². The maximum absolute atomic E-state index is 6.10. The van der Waals surface area contributed by atoms with Gasteiger partial charge in [0.05, 0.1) is 11.9 Å². The molecule has 0 fully saturated rings. The first kappa shape index (κ1) is 18.0. The number of pyridine rings is 2. The lowest BCUT2D eigenvalue weighted by Crippen LogP contribution is -2.11. The first-order valence-electron chi connectivity index (χ1n) is 10.8. The van der Waals surface area contributed by atoms with Gasteiger partial charge in [-0.2, -0.15) is 4.98 Å². The number of rotatable bonds is 3. The number of aromatic nitrogens is 2. The number of para-hydroxylation sites is 3. The van der Waals surface area contributed by atoms with Crippen molar-refractivity contribution in [1.82, 2.24) is 9.97 Å². The van der Waals surface area contributed by atoms with Crippen molar-refractivity contribution in [1.29, 1.82) is 0 Å². The molecule has 156 valence electrons. The van der Waals surface area contributed by atoms with Crippen LogP contribution in [0.15, 0.2) is 112 Å². The Balaban J connectivity index is 1.45. The number of hydrogen-bond acceptors (Lipinski definition) is 5. The molecule has 0 atom stereocenters. The maximum atomic E-state index is 6.10. The first-order valence-corrected chi connectivity index (χ1v) is 10.8. The molecule has 5 heteroatoms. The molecule has 0 unspecified atom stereocenters. The zero-order chi connectivity index (χ0) is 21.8. The summed E-state index contributed by atoms with van der Waals surface area (Å²) in [6.07, 6.45) is 1.86. The Morgan fingerprint density at radius 2 is 1.30 bits per heavy atom. The molecule has 4 heterocycles. The molecular weight excluding hydrogens is 410 g/mol. The first-order chi connectivity index (χ1) is 16.3. The minimum Gasteiger partial charge on any atom is -0.454 e. The Bertz CT molecular complexity index is 1670. The smallest absolute Gasteiger partial charge is 0.229 e. The van der Waals surface area contributed by atoms with Gasteiger partial charge in [-0.15, -0.1) is 0 Å². The summed E-state index contributed by atoms with van der Waals surface area (Å²) in [7, 11) is 0. The minimum atomic E-state index is 0.604. The maximum Gasteiger partial charge on any atom is 0.229 e. The summed E-state index contributed by atoms with van der Waals surface area (Å²) < 4.78 is 12.2. The topological polar surface area (TPSA) is 55.3 Å². The average molecular weight is 427 g/mol. The molecule has 0 aliphatic rings. The van der Waals surface area contributed by atoms with E-state index in [-0.39, 0.29) is 0 Å². The average Bonchev–Trinajstić information content (AvgIpc) is 3.42. The van der Waals surface area contributed by atoms with Crippen molar-refractivity contribution in [2.24, 2.45) is 0 Å². The highest BCUT2D eigenvalue weighted by atomic mass is 16.3. The van der Waals surface area contributed by atoms with E-state index in [9.17, 15) is 0 Å². The Kier molecular flexibility index (Phi) is 3.78. The van der Waals surface area contributed by atoms with Gasteiger partial charge < -0.3 is 8.83 Å². The largest absolute Gasteiger partial charge is 0.454 e. The fourth-order valence-electron chi connectivity index (χ4n) is 4.42. The molecule has 0 aliphatic heterocycles. The van der Waals surface area contributed by atoms with E-state index in [1.807, 2.05) is 91.1 Å². The molecule has 0 bridgehead atoms. The standard InChI is InChI=1S/C28H17N3O2/c1-2-8-18(9-3-1)31(19-16-25-27(29-17-19)22-11-5-7-13-24(22)32-25)26-15-14-21-20-10-4-6-12-23(20)33-28(21)30-26/h1-17H. The lowest BCUT2D eigenvalue weighted by atomic mass is 10.2. The quantitative estimate of drug-likeness (QED) is 0.289. The Morgan fingerprint density at radius 1 is 0.576 bits per heavy atom. The van der Waals surface area contributed by atoms with Crippen LogP contribution in [0.4, 0.5) is 17.2 Å². The van der Waals surface area contributed by atoms with E-state index >= 15 is 0 Å². The van der Waals surface area contributed by atoms with Crippen molar-refractivity contribution < 1.29 is 8.83 Å². The number of anilines is 3. The second-order valence-electron chi connectivity index (χ2n) is 7.93. The summed E-state index contributed by atoms with van der Waals surface area (Å²) in [4.78, 5) is 11.7. The van der Waals surface area contributed by atoms with Crippen molar-refractivity contribution in [3.63, 3.8) is 0 Å². The molecule has 4 aromatic heterocycles. The van der Waals surface area contributed by atoms with Crippen LogP contribution in [-0.2, 0) is 0 Å². The Labute approximate surface area is 188 Å². The van der Waals surface area contributed by atoms with Gasteiger partial charge in [0.1, 0.15) is 22.5 Å². The summed E-state index contributed by atoms with van der Waals surface area (Å²) in [5.74, 6) is 0.741. The fraction of sp³-hybridized carbons (Fsp3) is 0. The van der Waals surface area contributed by atoms with Crippen molar-refractivity contribution in [2.45, 2.75) is 0 Å². The van der Waals surface area contributed by atoms with Crippen LogP contribution in [0, 0.1) is 0 Å². The van der Waals surface area contributed by atoms with E-state index in [0.29, 0.717) is 5.71 Å². The minimum absolute atomic E-state index is 0.604. The van der Waals surface area contributed by atoms with Gasteiger partial charge in [-0.1, -0.05) is 48.5 Å². The number of fused-ring (bicyclic) bond motifs is 6. The molecule has 0 amide bonds. The third-order valence-corrected chi connectivity index (χ3v) is 5.93. The zero-order valence-corrected chi connectivity index (χ0v) is 17.5. The van der Waals surface area contributed by atoms with E-state index < -0.39 is 0 Å². The predicted octanol–water partition coefficient (Wildman–Crippen LogP) is 7.75. The van der Waals surface area contributed by atoms with Crippen LogP contribution in [0.1, 0.15) is 0 Å². The molecule has 0 saturated heterocycles. The second-order valence-corrected chi connectivity index (χ2v) is 7.93. The number of furan rings is 2. The predicted molar refractivity (Wildman–Crippen MR) is 131 cm³/mol. The van der Waals surface area contributed by atoms with Crippen molar-refractivity contribution in [3.8, 4) is 0 Å². The lowest BCUT2D eigenvalue weighted by Gasteiger charge is -2.23. The molecule has 7 rings (SSSR count). The van der Waals surface area contributed by atoms with Gasteiger partial charge in [-0.05, 0) is 42.5 Å². The van der Waals surface area contributed by atoms with Crippen LogP contribution in [0.25, 0.3) is 44.1 Å². The summed E-state index contributed by atoms with van der Waals surface area (Å²) in [5, 5.41) is 3.06. The molecule has 0 saturated carbocycles. The lowest BCUT2D eigenvalue weighted by molar-refractivity contribution is 0.654. The van der Waals surface area contributed by atoms with Gasteiger partial charge in [0.25, 0.3) is 0 Å². The Hall–Kier alpha value is -4.64. The van der Waals surface area contributed by atoms with Gasteiger partial charge in [0, 0.05) is 27.9 Å². The van der Waals surface area contributed by atoms with Crippen molar-refractivity contribution in [2.75, 3.05) is 4.90 Å². The van der Waals surface area contributed by atoms with Crippen LogP contribution >= 0.6 is 0 Å². The van der Waals surface area contributed by atoms with Crippen LogP contribution in [-0.4, -0.2) is 9.97 Å². The van der Waals surface area contributed by atoms with E-state index in [1.165, 1.54) is 0 Å². The number of nitrogens with zero attached hydrogens (tertiary/aromatic N) is 3. The molecule has 0 aliphatic carbocycles. The number of benzene rings is 3. The highest BCUT2D eigenvalue weighted by Crippen LogP contribution is 2.38. The van der Waals surface area contributed by atoms with Gasteiger partial charge in [-0.3, -0.25) is 4.90 Å². The number of hydrogen-bond donors (Lipinski definition) is 0. The second kappa shape index (κ2) is 6.93. The van der Waals surface area contributed by atoms with Crippen LogP contribution < -0.4 is 4.90 Å². The van der Waals surface area contributed by atoms with E-state index in [4.69, 9.17) is 18.8 Å². The summed E-state index contributed by atoms with van der Waals surface area (Å²) in [6, 6.07) is 32.1. The van der Waals surface area contributed by atoms with Crippen LogP contribution in [0.5, 0.6) is 0 Å². The third-order valence-electron chi connectivity index (χ3n) is 5.93. The van der Waals surface area contributed by atoms with Gasteiger partial charge in [0.2, 0.25) is 5.71 Å².